The van der Waals surface area contributed by atoms with Crippen LogP contribution in [0.5, 0.6) is 5.75 Å². The van der Waals surface area contributed by atoms with E-state index >= 15 is 0 Å². The Morgan fingerprint density at radius 1 is 0.903 bits per heavy atom. The minimum absolute atomic E-state index is 0.135. The first kappa shape index (κ1) is 22.4. The van der Waals surface area contributed by atoms with Gasteiger partial charge in [-0.25, -0.2) is 8.42 Å². The van der Waals surface area contributed by atoms with E-state index in [2.05, 4.69) is 0 Å². The molecule has 0 saturated carbocycles. The highest BCUT2D eigenvalue weighted by atomic mass is 32.2. The van der Waals surface area contributed by atoms with E-state index in [0.717, 1.165) is 15.4 Å². The van der Waals surface area contributed by atoms with Crippen molar-refractivity contribution in [2.75, 3.05) is 25.0 Å². The summed E-state index contributed by atoms with van der Waals surface area (Å²) in [4.78, 5) is 14.7. The third kappa shape index (κ3) is 5.24. The molecular formula is C24H26N2O4S. The van der Waals surface area contributed by atoms with Crippen LogP contribution < -0.4 is 9.04 Å². The average Bonchev–Trinajstić information content (AvgIpc) is 2.79. The summed E-state index contributed by atoms with van der Waals surface area (Å²) in [7, 11) is -0.694. The van der Waals surface area contributed by atoms with E-state index in [1.54, 1.807) is 44.5 Å². The molecule has 3 rings (SSSR count). The minimum Gasteiger partial charge on any atom is -0.496 e. The first-order valence-corrected chi connectivity index (χ1v) is 11.3. The molecule has 1 amide bonds. The predicted octanol–water partition coefficient (Wildman–Crippen LogP) is 3.86. The van der Waals surface area contributed by atoms with Gasteiger partial charge in [0.25, 0.3) is 10.0 Å². The zero-order chi connectivity index (χ0) is 22.4. The van der Waals surface area contributed by atoms with E-state index in [-0.39, 0.29) is 17.3 Å². The van der Waals surface area contributed by atoms with Gasteiger partial charge < -0.3 is 9.64 Å². The summed E-state index contributed by atoms with van der Waals surface area (Å²) in [6.45, 7) is 1.91. The fourth-order valence-electron chi connectivity index (χ4n) is 3.17. The fraction of sp³-hybridized carbons (Fsp3) is 0.208. The Morgan fingerprint density at radius 3 is 2.16 bits per heavy atom. The van der Waals surface area contributed by atoms with Crippen molar-refractivity contribution in [3.8, 4) is 5.75 Å². The summed E-state index contributed by atoms with van der Waals surface area (Å²) in [5.74, 6) is 0.348. The Labute approximate surface area is 183 Å². The maximum Gasteiger partial charge on any atom is 0.264 e. The number of methoxy groups -OCH3 is 1. The van der Waals surface area contributed by atoms with Crippen LogP contribution in [0.3, 0.4) is 0 Å². The van der Waals surface area contributed by atoms with Crippen LogP contribution in [0.1, 0.15) is 11.1 Å². The summed E-state index contributed by atoms with van der Waals surface area (Å²) in [6, 6.07) is 22.6. The van der Waals surface area contributed by atoms with Crippen molar-refractivity contribution in [2.24, 2.45) is 0 Å². The SMILES string of the molecule is COc1ccccc1CN(C)C(=O)CN(c1ccc(C)cc1)S(=O)(=O)c1ccccc1. The second kappa shape index (κ2) is 9.66. The molecule has 6 nitrogen and oxygen atoms in total. The quantitative estimate of drug-likeness (QED) is 0.536. The number of hydrogen-bond acceptors (Lipinski definition) is 4. The molecule has 0 saturated heterocycles. The van der Waals surface area contributed by atoms with Crippen LogP contribution >= 0.6 is 0 Å². The van der Waals surface area contributed by atoms with Crippen molar-refractivity contribution in [3.05, 3.63) is 90.0 Å². The van der Waals surface area contributed by atoms with Gasteiger partial charge in [0, 0.05) is 19.2 Å². The van der Waals surface area contributed by atoms with Crippen molar-refractivity contribution in [3.63, 3.8) is 0 Å². The number of carbonyl (C=O) groups is 1. The molecular weight excluding hydrogens is 412 g/mol. The van der Waals surface area contributed by atoms with Crippen LogP contribution in [0.4, 0.5) is 5.69 Å². The molecule has 0 spiro atoms. The van der Waals surface area contributed by atoms with Gasteiger partial charge in [0.15, 0.2) is 0 Å². The standard InChI is InChI=1S/C24H26N2O4S/c1-19-13-15-21(16-14-19)26(31(28,29)22-10-5-4-6-11-22)18-24(27)25(2)17-20-9-7-8-12-23(20)30-3/h4-16H,17-18H2,1-3H3. The summed E-state index contributed by atoms with van der Waals surface area (Å²) in [6.07, 6.45) is 0. The molecule has 0 heterocycles. The maximum absolute atomic E-state index is 13.4. The molecule has 3 aromatic rings. The lowest BCUT2D eigenvalue weighted by Gasteiger charge is -2.27. The highest BCUT2D eigenvalue weighted by Gasteiger charge is 2.28. The third-order valence-electron chi connectivity index (χ3n) is 4.96. The average molecular weight is 439 g/mol. The van der Waals surface area contributed by atoms with Gasteiger partial charge in [0.05, 0.1) is 17.7 Å². The van der Waals surface area contributed by atoms with Crippen LogP contribution in [-0.2, 0) is 21.4 Å². The highest BCUT2D eigenvalue weighted by Crippen LogP contribution is 2.25. The number of aryl methyl sites for hydroxylation is 1. The molecule has 0 aliphatic heterocycles. The van der Waals surface area contributed by atoms with E-state index < -0.39 is 10.0 Å². The number of sulfonamides is 1. The monoisotopic (exact) mass is 438 g/mol. The molecule has 31 heavy (non-hydrogen) atoms. The Bertz CT molecular complexity index is 1130. The molecule has 0 radical (unpaired) electrons. The number of hydrogen-bond donors (Lipinski definition) is 0. The molecule has 0 atom stereocenters. The topological polar surface area (TPSA) is 66.9 Å². The van der Waals surface area contributed by atoms with E-state index in [1.807, 2.05) is 43.3 Å². The summed E-state index contributed by atoms with van der Waals surface area (Å²) >= 11 is 0. The van der Waals surface area contributed by atoms with Crippen molar-refractivity contribution in [2.45, 2.75) is 18.4 Å². The zero-order valence-electron chi connectivity index (χ0n) is 17.9. The van der Waals surface area contributed by atoms with Crippen molar-refractivity contribution >= 4 is 21.6 Å². The Morgan fingerprint density at radius 2 is 1.52 bits per heavy atom. The normalized spacial score (nSPS) is 11.1. The van der Waals surface area contributed by atoms with Crippen LogP contribution in [0.25, 0.3) is 0 Å². The highest BCUT2D eigenvalue weighted by molar-refractivity contribution is 7.92. The van der Waals surface area contributed by atoms with Crippen LogP contribution in [0.15, 0.2) is 83.8 Å². The van der Waals surface area contributed by atoms with Crippen molar-refractivity contribution in [1.29, 1.82) is 0 Å². The van der Waals surface area contributed by atoms with Crippen molar-refractivity contribution in [1.82, 2.24) is 4.90 Å². The van der Waals surface area contributed by atoms with Gasteiger partial charge >= 0.3 is 0 Å². The lowest BCUT2D eigenvalue weighted by molar-refractivity contribution is -0.128. The number of anilines is 1. The number of likely N-dealkylation sites (N-methyl/N-ethyl adjacent to an activating group) is 1. The molecule has 0 fully saturated rings. The molecule has 0 bridgehead atoms. The number of ether oxygens (including phenoxy) is 1. The number of para-hydroxylation sites is 1. The molecule has 0 N–H and O–H groups in total. The number of amides is 1. The van der Waals surface area contributed by atoms with Crippen molar-refractivity contribution < 1.29 is 17.9 Å². The number of nitrogens with zero attached hydrogens (tertiary/aromatic N) is 2. The predicted molar refractivity (Wildman–Crippen MR) is 122 cm³/mol. The van der Waals surface area contributed by atoms with E-state index in [0.29, 0.717) is 18.0 Å². The van der Waals surface area contributed by atoms with Crippen LogP contribution in [0, 0.1) is 6.92 Å². The molecule has 3 aromatic carbocycles. The number of carbonyl (C=O) groups excluding carboxylic acids is 1. The maximum atomic E-state index is 13.4. The van der Waals surface area contributed by atoms with Gasteiger partial charge in [-0.15, -0.1) is 0 Å². The lowest BCUT2D eigenvalue weighted by atomic mass is 10.2. The lowest BCUT2D eigenvalue weighted by Crippen LogP contribution is -2.41. The minimum atomic E-state index is -3.92. The van der Waals surface area contributed by atoms with Gasteiger partial charge in [-0.2, -0.15) is 0 Å². The van der Waals surface area contributed by atoms with Gasteiger partial charge in [0.2, 0.25) is 5.91 Å². The molecule has 162 valence electrons. The Kier molecular flexibility index (Phi) is 6.97. The molecule has 0 aliphatic rings. The third-order valence-corrected chi connectivity index (χ3v) is 6.75. The van der Waals surface area contributed by atoms with Crippen LogP contribution in [0.2, 0.25) is 0 Å². The first-order chi connectivity index (χ1) is 14.8. The van der Waals surface area contributed by atoms with Gasteiger partial charge in [-0.3, -0.25) is 9.10 Å². The molecule has 7 heteroatoms. The van der Waals surface area contributed by atoms with E-state index in [9.17, 15) is 13.2 Å². The van der Waals surface area contributed by atoms with Crippen LogP contribution in [-0.4, -0.2) is 39.9 Å². The summed E-state index contributed by atoms with van der Waals surface area (Å²) < 4.78 is 33.3. The summed E-state index contributed by atoms with van der Waals surface area (Å²) in [5, 5.41) is 0. The second-order valence-corrected chi connectivity index (χ2v) is 9.08. The second-order valence-electron chi connectivity index (χ2n) is 7.22. The number of rotatable bonds is 8. The Balaban J connectivity index is 1.89. The molecule has 0 aromatic heterocycles. The van der Waals surface area contributed by atoms with E-state index in [1.165, 1.54) is 17.0 Å². The Hall–Kier alpha value is -3.32. The van der Waals surface area contributed by atoms with E-state index in [4.69, 9.17) is 4.74 Å². The smallest absolute Gasteiger partial charge is 0.264 e. The largest absolute Gasteiger partial charge is 0.496 e. The summed E-state index contributed by atoms with van der Waals surface area (Å²) in [5.41, 5.74) is 2.28. The zero-order valence-corrected chi connectivity index (χ0v) is 18.7. The number of benzene rings is 3. The van der Waals surface area contributed by atoms with Gasteiger partial charge in [-0.1, -0.05) is 54.1 Å². The molecule has 0 unspecified atom stereocenters. The van der Waals surface area contributed by atoms with Gasteiger partial charge in [-0.05, 0) is 37.3 Å². The van der Waals surface area contributed by atoms with Gasteiger partial charge in [0.1, 0.15) is 12.3 Å². The fourth-order valence-corrected chi connectivity index (χ4v) is 4.60. The first-order valence-electron chi connectivity index (χ1n) is 9.83. The molecule has 0 aliphatic carbocycles.